The number of hydrogen-bond acceptors (Lipinski definition) is 9. The van der Waals surface area contributed by atoms with Crippen LogP contribution >= 0.6 is 0 Å². The van der Waals surface area contributed by atoms with E-state index in [2.05, 4.69) is 20.7 Å². The largest absolute Gasteiger partial charge is 0.443 e. The first-order chi connectivity index (χ1) is 17.8. The minimum absolute atomic E-state index is 0.0367. The van der Waals surface area contributed by atoms with Crippen LogP contribution < -0.4 is 21.1 Å². The summed E-state index contributed by atoms with van der Waals surface area (Å²) in [5, 5.41) is 31.5. The maximum atomic E-state index is 13.0. The van der Waals surface area contributed by atoms with Crippen molar-refractivity contribution in [2.75, 3.05) is 17.3 Å². The first-order valence-electron chi connectivity index (χ1n) is 12.8. The zero-order valence-corrected chi connectivity index (χ0v) is 22.7. The molecule has 0 spiro atoms. The number of carbonyl (C=O) groups is 1. The Morgan fingerprint density at radius 3 is 2.66 bits per heavy atom. The van der Waals surface area contributed by atoms with Crippen molar-refractivity contribution in [3.63, 3.8) is 0 Å². The van der Waals surface area contributed by atoms with Gasteiger partial charge in [0, 0.05) is 31.4 Å². The van der Waals surface area contributed by atoms with E-state index in [-0.39, 0.29) is 23.5 Å². The molecular formula is C26H37N7O5. The summed E-state index contributed by atoms with van der Waals surface area (Å²) >= 11 is 0. The zero-order valence-electron chi connectivity index (χ0n) is 22.7. The highest BCUT2D eigenvalue weighted by Crippen LogP contribution is 2.28. The molecule has 0 bridgehead atoms. The van der Waals surface area contributed by atoms with E-state index in [0.29, 0.717) is 35.6 Å². The standard InChI is InChI=1S/C26H37N7O5/c1-15(2)32-11-7-8-19(24(32)36)29-20-13-21(31(6)25(37)38-26(3,4)5)33-22(30-20)18(14-27-33)23(35)28-16-9-10-17(34)12-16/h7-8,11,13-17,23,28,34-35H,9-10,12H2,1-6H3,(H,29,30)/t16-,17+,23?/m1/s1. The van der Waals surface area contributed by atoms with Gasteiger partial charge in [-0.25, -0.2) is 9.78 Å². The highest BCUT2D eigenvalue weighted by atomic mass is 16.6. The topological polar surface area (TPSA) is 146 Å². The Balaban J connectivity index is 1.76. The molecule has 1 aliphatic rings. The number of aliphatic hydroxyl groups excluding tert-OH is 2. The molecule has 1 fully saturated rings. The van der Waals surface area contributed by atoms with Crippen LogP contribution in [-0.2, 0) is 4.74 Å². The minimum atomic E-state index is -1.11. The Morgan fingerprint density at radius 1 is 1.29 bits per heavy atom. The maximum Gasteiger partial charge on any atom is 0.415 e. The van der Waals surface area contributed by atoms with Crippen molar-refractivity contribution in [3.05, 3.63) is 46.5 Å². The minimum Gasteiger partial charge on any atom is -0.443 e. The van der Waals surface area contributed by atoms with Crippen LogP contribution in [0.25, 0.3) is 5.65 Å². The molecule has 206 valence electrons. The fraction of sp³-hybridized carbons (Fsp3) is 0.538. The number of nitrogens with one attached hydrogen (secondary N) is 2. The fourth-order valence-electron chi connectivity index (χ4n) is 4.46. The summed E-state index contributed by atoms with van der Waals surface area (Å²) in [6, 6.07) is 4.92. The molecular weight excluding hydrogens is 490 g/mol. The third-order valence-electron chi connectivity index (χ3n) is 6.38. The van der Waals surface area contributed by atoms with Gasteiger partial charge in [-0.3, -0.25) is 15.0 Å². The molecule has 1 aliphatic carbocycles. The van der Waals surface area contributed by atoms with Gasteiger partial charge in [-0.2, -0.15) is 9.61 Å². The van der Waals surface area contributed by atoms with E-state index in [1.807, 2.05) is 13.8 Å². The molecule has 3 aromatic heterocycles. The Labute approximate surface area is 221 Å². The number of hydrogen-bond donors (Lipinski definition) is 4. The summed E-state index contributed by atoms with van der Waals surface area (Å²) in [5.74, 6) is 0.605. The monoisotopic (exact) mass is 527 g/mol. The summed E-state index contributed by atoms with van der Waals surface area (Å²) in [6.45, 7) is 9.16. The van der Waals surface area contributed by atoms with Crippen LogP contribution in [0.5, 0.6) is 0 Å². The third-order valence-corrected chi connectivity index (χ3v) is 6.38. The van der Waals surface area contributed by atoms with Crippen LogP contribution in [-0.4, -0.2) is 60.3 Å². The van der Waals surface area contributed by atoms with Crippen LogP contribution in [0.1, 0.15) is 71.7 Å². The predicted octanol–water partition coefficient (Wildman–Crippen LogP) is 3.08. The number of aromatic nitrogens is 4. The van der Waals surface area contributed by atoms with E-state index < -0.39 is 24.0 Å². The molecule has 1 unspecified atom stereocenters. The average Bonchev–Trinajstić information content (AvgIpc) is 3.44. The van der Waals surface area contributed by atoms with Crippen molar-refractivity contribution in [2.45, 2.75) is 83.9 Å². The van der Waals surface area contributed by atoms with Gasteiger partial charge in [-0.05, 0) is 66.0 Å². The van der Waals surface area contributed by atoms with Crippen molar-refractivity contribution >= 4 is 29.1 Å². The lowest BCUT2D eigenvalue weighted by Gasteiger charge is -2.25. The van der Waals surface area contributed by atoms with E-state index in [1.54, 1.807) is 56.8 Å². The van der Waals surface area contributed by atoms with E-state index in [9.17, 15) is 19.8 Å². The first-order valence-corrected chi connectivity index (χ1v) is 12.8. The van der Waals surface area contributed by atoms with Gasteiger partial charge in [-0.15, -0.1) is 0 Å². The molecule has 1 amide bonds. The predicted molar refractivity (Wildman–Crippen MR) is 144 cm³/mol. The Bertz CT molecular complexity index is 1360. The second-order valence-electron chi connectivity index (χ2n) is 11.0. The number of rotatable bonds is 7. The second kappa shape index (κ2) is 10.7. The molecule has 3 heterocycles. The maximum absolute atomic E-state index is 13.0. The number of pyridine rings is 1. The zero-order chi connectivity index (χ0) is 27.8. The number of fused-ring (bicyclic) bond motifs is 1. The van der Waals surface area contributed by atoms with Crippen molar-refractivity contribution in [3.8, 4) is 0 Å². The SMILES string of the molecule is CC(C)n1cccc(Nc2cc(N(C)C(=O)OC(C)(C)C)n3ncc(C(O)N[C@@H]4CC[C@H](O)C4)c3n2)c1=O. The lowest BCUT2D eigenvalue weighted by atomic mass is 10.2. The van der Waals surface area contributed by atoms with Gasteiger partial charge in [0.05, 0.1) is 17.9 Å². The van der Waals surface area contributed by atoms with Crippen LogP contribution in [0.2, 0.25) is 0 Å². The van der Waals surface area contributed by atoms with E-state index in [1.165, 1.54) is 15.6 Å². The van der Waals surface area contributed by atoms with Crippen molar-refractivity contribution < 1.29 is 19.7 Å². The Hall–Kier alpha value is -3.48. The summed E-state index contributed by atoms with van der Waals surface area (Å²) in [7, 11) is 1.55. The van der Waals surface area contributed by atoms with Crippen LogP contribution in [0.4, 0.5) is 22.1 Å². The molecule has 38 heavy (non-hydrogen) atoms. The Kier molecular flexibility index (Phi) is 7.77. The number of amides is 1. The van der Waals surface area contributed by atoms with Gasteiger partial charge in [0.2, 0.25) is 0 Å². The van der Waals surface area contributed by atoms with Gasteiger partial charge < -0.3 is 24.8 Å². The van der Waals surface area contributed by atoms with E-state index in [4.69, 9.17) is 4.74 Å². The van der Waals surface area contributed by atoms with Crippen LogP contribution in [0.3, 0.4) is 0 Å². The third kappa shape index (κ3) is 5.98. The van der Waals surface area contributed by atoms with E-state index in [0.717, 1.165) is 6.42 Å². The molecule has 12 nitrogen and oxygen atoms in total. The number of carbonyl (C=O) groups excluding carboxylic acids is 1. The van der Waals surface area contributed by atoms with Gasteiger partial charge in [-0.1, -0.05) is 0 Å². The molecule has 3 atom stereocenters. The lowest BCUT2D eigenvalue weighted by Crippen LogP contribution is -2.35. The highest BCUT2D eigenvalue weighted by Gasteiger charge is 2.28. The van der Waals surface area contributed by atoms with Crippen LogP contribution in [0.15, 0.2) is 35.4 Å². The molecule has 0 aromatic carbocycles. The molecule has 4 N–H and O–H groups in total. The number of ether oxygens (including phenoxy) is 1. The summed E-state index contributed by atoms with van der Waals surface area (Å²) in [5.41, 5.74) is 0.0526. The normalized spacial score (nSPS) is 18.7. The molecule has 0 radical (unpaired) electrons. The summed E-state index contributed by atoms with van der Waals surface area (Å²) in [4.78, 5) is 31.9. The highest BCUT2D eigenvalue weighted by molar-refractivity contribution is 5.87. The van der Waals surface area contributed by atoms with Crippen molar-refractivity contribution in [1.82, 2.24) is 24.5 Å². The molecule has 0 saturated heterocycles. The van der Waals surface area contributed by atoms with Gasteiger partial charge in [0.15, 0.2) is 5.65 Å². The molecule has 0 aliphatic heterocycles. The summed E-state index contributed by atoms with van der Waals surface area (Å²) in [6.07, 6.45) is 3.03. The molecule has 3 aromatic rings. The van der Waals surface area contributed by atoms with Gasteiger partial charge >= 0.3 is 6.09 Å². The molecule has 12 heteroatoms. The average molecular weight is 528 g/mol. The van der Waals surface area contributed by atoms with Gasteiger partial charge in [0.1, 0.15) is 29.2 Å². The molecule has 1 saturated carbocycles. The van der Waals surface area contributed by atoms with Crippen LogP contribution in [0, 0.1) is 0 Å². The number of anilines is 3. The quantitative estimate of drug-likeness (QED) is 0.340. The van der Waals surface area contributed by atoms with Crippen molar-refractivity contribution in [2.24, 2.45) is 0 Å². The number of nitrogens with zero attached hydrogens (tertiary/aromatic N) is 5. The lowest BCUT2D eigenvalue weighted by molar-refractivity contribution is 0.0587. The number of aliphatic hydroxyl groups is 2. The Morgan fingerprint density at radius 2 is 2.03 bits per heavy atom. The second-order valence-corrected chi connectivity index (χ2v) is 11.0. The first kappa shape index (κ1) is 27.6. The van der Waals surface area contributed by atoms with Gasteiger partial charge in [0.25, 0.3) is 5.56 Å². The fourth-order valence-corrected chi connectivity index (χ4v) is 4.46. The summed E-state index contributed by atoms with van der Waals surface area (Å²) < 4.78 is 8.58. The smallest absolute Gasteiger partial charge is 0.415 e. The molecule has 4 rings (SSSR count). The van der Waals surface area contributed by atoms with E-state index >= 15 is 0 Å². The van der Waals surface area contributed by atoms with Crippen molar-refractivity contribution in [1.29, 1.82) is 0 Å².